The van der Waals surface area contributed by atoms with Gasteiger partial charge in [-0.15, -0.1) is 5.10 Å². The Hall–Kier alpha value is -3.17. The summed E-state index contributed by atoms with van der Waals surface area (Å²) >= 11 is 7.77. The van der Waals surface area contributed by atoms with Gasteiger partial charge in [0, 0.05) is 16.5 Å². The Morgan fingerprint density at radius 2 is 1.97 bits per heavy atom. The number of esters is 1. The van der Waals surface area contributed by atoms with E-state index in [1.807, 2.05) is 63.2 Å². The molecular weight excluding hydrogens is 488 g/mol. The molecule has 2 aromatic carbocycles. The van der Waals surface area contributed by atoms with E-state index in [2.05, 4.69) is 10.3 Å². The molecule has 1 aliphatic rings. The molecule has 2 heterocycles. The van der Waals surface area contributed by atoms with Crippen molar-refractivity contribution < 1.29 is 19.0 Å². The van der Waals surface area contributed by atoms with Crippen LogP contribution in [0.1, 0.15) is 37.9 Å². The van der Waals surface area contributed by atoms with Crippen LogP contribution in [0.2, 0.25) is 5.02 Å². The number of fused-ring (bicyclic) bond motifs is 1. The van der Waals surface area contributed by atoms with Gasteiger partial charge in [-0.05, 0) is 50.1 Å². The lowest BCUT2D eigenvalue weighted by Crippen LogP contribution is -2.29. The van der Waals surface area contributed by atoms with Crippen LogP contribution in [0.4, 0.5) is 5.95 Å². The summed E-state index contributed by atoms with van der Waals surface area (Å²) in [5.41, 5.74) is 2.86. The number of carbonyl (C=O) groups is 1. The van der Waals surface area contributed by atoms with Gasteiger partial charge in [0.25, 0.3) is 0 Å². The van der Waals surface area contributed by atoms with E-state index in [1.54, 1.807) is 11.8 Å². The van der Waals surface area contributed by atoms with Crippen LogP contribution in [0, 0.1) is 0 Å². The number of nitrogens with zero attached hydrogens (tertiary/aromatic N) is 3. The highest BCUT2D eigenvalue weighted by Crippen LogP contribution is 2.40. The van der Waals surface area contributed by atoms with E-state index in [4.69, 9.17) is 30.9 Å². The van der Waals surface area contributed by atoms with Crippen molar-refractivity contribution in [3.8, 4) is 11.5 Å². The Bertz CT molecular complexity index is 1270. The normalized spacial score (nSPS) is 15.0. The minimum atomic E-state index is -0.567. The predicted octanol–water partition coefficient (Wildman–Crippen LogP) is 5.48. The summed E-state index contributed by atoms with van der Waals surface area (Å²) in [6, 6.07) is 12.7. The third-order valence-electron chi connectivity index (χ3n) is 5.42. The van der Waals surface area contributed by atoms with Crippen LogP contribution in [0.15, 0.2) is 58.9 Å². The summed E-state index contributed by atoms with van der Waals surface area (Å²) in [6.45, 7) is 5.72. The van der Waals surface area contributed by atoms with Crippen molar-refractivity contribution in [2.45, 2.75) is 43.8 Å². The first-order valence-corrected chi connectivity index (χ1v) is 12.4. The van der Waals surface area contributed by atoms with E-state index in [9.17, 15) is 4.79 Å². The lowest BCUT2D eigenvalue weighted by atomic mass is 9.95. The van der Waals surface area contributed by atoms with Crippen LogP contribution in [-0.2, 0) is 15.3 Å². The number of nitrogens with one attached hydrogen (secondary N) is 1. The molecule has 1 unspecified atom stereocenters. The van der Waals surface area contributed by atoms with E-state index < -0.39 is 12.0 Å². The zero-order valence-electron chi connectivity index (χ0n) is 20.2. The minimum Gasteiger partial charge on any atom is -0.493 e. The fourth-order valence-electron chi connectivity index (χ4n) is 3.84. The maximum Gasteiger partial charge on any atom is 0.338 e. The van der Waals surface area contributed by atoms with Gasteiger partial charge in [-0.2, -0.15) is 4.98 Å². The van der Waals surface area contributed by atoms with Crippen molar-refractivity contribution in [1.82, 2.24) is 14.8 Å². The number of carbonyl (C=O) groups excluding carboxylic acids is 1. The van der Waals surface area contributed by atoms with Crippen LogP contribution in [-0.4, -0.2) is 41.1 Å². The largest absolute Gasteiger partial charge is 0.493 e. The molecule has 1 aromatic heterocycles. The Morgan fingerprint density at radius 1 is 1.20 bits per heavy atom. The van der Waals surface area contributed by atoms with Crippen molar-refractivity contribution in [3.05, 3.63) is 69.9 Å². The molecule has 184 valence electrons. The monoisotopic (exact) mass is 514 g/mol. The van der Waals surface area contributed by atoms with Gasteiger partial charge in [0.05, 0.1) is 25.9 Å². The first-order chi connectivity index (χ1) is 16.8. The molecule has 10 heteroatoms. The van der Waals surface area contributed by atoms with Gasteiger partial charge in [-0.1, -0.05) is 47.6 Å². The van der Waals surface area contributed by atoms with Crippen molar-refractivity contribution in [2.75, 3.05) is 19.5 Å². The average molecular weight is 515 g/mol. The first-order valence-electron chi connectivity index (χ1n) is 11.1. The molecule has 35 heavy (non-hydrogen) atoms. The first kappa shape index (κ1) is 24.9. The van der Waals surface area contributed by atoms with Gasteiger partial charge in [0.2, 0.25) is 11.1 Å². The predicted molar refractivity (Wildman–Crippen MR) is 136 cm³/mol. The number of ether oxygens (including phenoxy) is 3. The molecule has 1 atom stereocenters. The fraction of sp³-hybridized carbons (Fsp3) is 0.320. The van der Waals surface area contributed by atoms with Crippen LogP contribution >= 0.6 is 23.4 Å². The molecule has 8 nitrogen and oxygen atoms in total. The zero-order chi connectivity index (χ0) is 25.1. The Kier molecular flexibility index (Phi) is 7.57. The molecular formula is C25H27ClN4O4S. The second-order valence-electron chi connectivity index (χ2n) is 8.18. The average Bonchev–Trinajstić information content (AvgIpc) is 3.24. The quantitative estimate of drug-likeness (QED) is 0.312. The summed E-state index contributed by atoms with van der Waals surface area (Å²) in [7, 11) is 2.95. The van der Waals surface area contributed by atoms with Crippen molar-refractivity contribution in [1.29, 1.82) is 0 Å². The zero-order valence-corrected chi connectivity index (χ0v) is 21.7. The summed E-state index contributed by atoms with van der Waals surface area (Å²) < 4.78 is 18.3. The van der Waals surface area contributed by atoms with Crippen LogP contribution < -0.4 is 14.8 Å². The lowest BCUT2D eigenvalue weighted by molar-refractivity contribution is -0.136. The van der Waals surface area contributed by atoms with Gasteiger partial charge >= 0.3 is 5.97 Å². The standard InChI is InChI=1S/C25H27ClN4O4S/c1-14(2)34-19-11-10-16(12-20(19)32-4)22-21(23(31)33-5)15(3)27-24-28-25(29-30(22)24)35-13-17-8-6-7-9-18(17)26/h6-12,14,22H,13H2,1-5H3,(H,27,28,29). The minimum absolute atomic E-state index is 0.0129. The molecule has 0 bridgehead atoms. The van der Waals surface area contributed by atoms with E-state index >= 15 is 0 Å². The number of methoxy groups -OCH3 is 2. The van der Waals surface area contributed by atoms with E-state index in [0.717, 1.165) is 11.1 Å². The maximum absolute atomic E-state index is 12.8. The van der Waals surface area contributed by atoms with Gasteiger partial charge < -0.3 is 19.5 Å². The highest BCUT2D eigenvalue weighted by molar-refractivity contribution is 7.98. The molecule has 0 amide bonds. The number of allylic oxidation sites excluding steroid dienone is 1. The number of halogens is 1. The third kappa shape index (κ3) is 5.26. The molecule has 4 rings (SSSR count). The molecule has 0 aliphatic carbocycles. The molecule has 0 spiro atoms. The number of hydrogen-bond donors (Lipinski definition) is 1. The summed E-state index contributed by atoms with van der Waals surface area (Å²) in [5.74, 6) is 1.87. The molecule has 0 fully saturated rings. The van der Waals surface area contributed by atoms with Crippen molar-refractivity contribution in [3.63, 3.8) is 0 Å². The van der Waals surface area contributed by atoms with Crippen molar-refractivity contribution >= 4 is 35.3 Å². The third-order valence-corrected chi connectivity index (χ3v) is 6.67. The van der Waals surface area contributed by atoms with Crippen LogP contribution in [0.25, 0.3) is 0 Å². The Labute approximate surface area is 213 Å². The molecule has 1 N–H and O–H groups in total. The summed E-state index contributed by atoms with van der Waals surface area (Å²) in [5, 5.41) is 9.18. The smallest absolute Gasteiger partial charge is 0.338 e. The molecule has 0 saturated carbocycles. The lowest BCUT2D eigenvalue weighted by Gasteiger charge is -2.28. The van der Waals surface area contributed by atoms with Gasteiger partial charge in [0.15, 0.2) is 11.5 Å². The van der Waals surface area contributed by atoms with E-state index in [0.29, 0.717) is 44.6 Å². The number of benzene rings is 2. The molecule has 0 saturated heterocycles. The molecule has 3 aromatic rings. The number of rotatable bonds is 8. The highest BCUT2D eigenvalue weighted by atomic mass is 35.5. The maximum atomic E-state index is 12.8. The topological polar surface area (TPSA) is 87.5 Å². The summed E-state index contributed by atoms with van der Waals surface area (Å²) in [6.07, 6.45) is -0.0129. The molecule has 1 aliphatic heterocycles. The SMILES string of the molecule is COC(=O)C1=C(C)Nc2nc(SCc3ccccc3Cl)nn2C1c1ccc(OC(C)C)c(OC)c1. The van der Waals surface area contributed by atoms with E-state index in [-0.39, 0.29) is 6.10 Å². The highest BCUT2D eigenvalue weighted by Gasteiger charge is 2.35. The number of anilines is 1. The van der Waals surface area contributed by atoms with Crippen LogP contribution in [0.3, 0.4) is 0 Å². The van der Waals surface area contributed by atoms with Crippen molar-refractivity contribution in [2.24, 2.45) is 0 Å². The number of aromatic nitrogens is 3. The van der Waals surface area contributed by atoms with Crippen LogP contribution in [0.5, 0.6) is 11.5 Å². The Morgan fingerprint density at radius 3 is 2.66 bits per heavy atom. The second-order valence-corrected chi connectivity index (χ2v) is 9.53. The second kappa shape index (κ2) is 10.6. The van der Waals surface area contributed by atoms with Gasteiger partial charge in [-0.25, -0.2) is 9.48 Å². The van der Waals surface area contributed by atoms with Gasteiger partial charge in [0.1, 0.15) is 6.04 Å². The fourth-order valence-corrected chi connectivity index (χ4v) is 4.95. The number of hydrogen-bond acceptors (Lipinski definition) is 8. The Balaban J connectivity index is 1.73. The van der Waals surface area contributed by atoms with E-state index in [1.165, 1.54) is 18.9 Å². The van der Waals surface area contributed by atoms with Gasteiger partial charge in [-0.3, -0.25) is 0 Å². The summed E-state index contributed by atoms with van der Waals surface area (Å²) in [4.78, 5) is 17.5. The molecule has 0 radical (unpaired) electrons. The number of thioether (sulfide) groups is 1.